The second kappa shape index (κ2) is 10.8. The Morgan fingerprint density at radius 2 is 1.72 bits per heavy atom. The van der Waals surface area contributed by atoms with Crippen molar-refractivity contribution < 1.29 is 19.0 Å². The van der Waals surface area contributed by atoms with Crippen LogP contribution in [-0.2, 0) is 17.7 Å². The maximum absolute atomic E-state index is 12.2. The van der Waals surface area contributed by atoms with E-state index >= 15 is 0 Å². The van der Waals surface area contributed by atoms with Crippen molar-refractivity contribution in [1.29, 1.82) is 0 Å². The molecule has 0 aliphatic carbocycles. The Morgan fingerprint density at radius 3 is 2.42 bits per heavy atom. The molecule has 0 aliphatic rings. The third-order valence-corrected chi connectivity index (χ3v) is 5.70. The van der Waals surface area contributed by atoms with Crippen molar-refractivity contribution in [3.05, 3.63) is 72.1 Å². The van der Waals surface area contributed by atoms with E-state index in [0.29, 0.717) is 23.8 Å². The normalized spacial score (nSPS) is 11.5. The quantitative estimate of drug-likeness (QED) is 0.201. The lowest BCUT2D eigenvalue weighted by Gasteiger charge is -2.19. The van der Waals surface area contributed by atoms with E-state index in [9.17, 15) is 4.79 Å². The molecule has 4 aromatic rings. The molecule has 0 radical (unpaired) electrons. The molecule has 0 fully saturated rings. The number of rotatable bonds is 8. The lowest BCUT2D eigenvalue weighted by atomic mass is 10.0. The highest BCUT2D eigenvalue weighted by atomic mass is 16.7. The topological polar surface area (TPSA) is 75.5 Å². The summed E-state index contributed by atoms with van der Waals surface area (Å²) < 4.78 is 18.3. The number of hydrogen-bond acceptors (Lipinski definition) is 6. The lowest BCUT2D eigenvalue weighted by Crippen LogP contribution is -2.26. The van der Waals surface area contributed by atoms with Gasteiger partial charge in [-0.05, 0) is 50.5 Å². The third-order valence-electron chi connectivity index (χ3n) is 5.70. The van der Waals surface area contributed by atoms with Gasteiger partial charge in [0, 0.05) is 24.6 Å². The number of unbranched alkanes of at least 4 members (excludes halogenated alkanes) is 1. The molecular formula is C29H33N3O4. The number of aromatic nitrogens is 3. The predicted molar refractivity (Wildman–Crippen MR) is 141 cm³/mol. The highest BCUT2D eigenvalue weighted by Gasteiger charge is 2.19. The van der Waals surface area contributed by atoms with Gasteiger partial charge in [-0.25, -0.2) is 9.78 Å². The van der Waals surface area contributed by atoms with Crippen LogP contribution in [0.4, 0.5) is 4.79 Å². The maximum Gasteiger partial charge on any atom is 0.514 e. The molecule has 0 bridgehead atoms. The molecule has 4 rings (SSSR count). The largest absolute Gasteiger partial charge is 0.514 e. The average molecular weight is 488 g/mol. The van der Waals surface area contributed by atoms with Crippen molar-refractivity contribution in [2.24, 2.45) is 0 Å². The van der Waals surface area contributed by atoms with Gasteiger partial charge in [0.15, 0.2) is 5.65 Å². The Kier molecular flexibility index (Phi) is 7.58. The summed E-state index contributed by atoms with van der Waals surface area (Å²) in [6.07, 6.45) is 2.33. The minimum absolute atomic E-state index is 0.460. The number of carbonyl (C=O) groups excluding carboxylic acids is 1. The van der Waals surface area contributed by atoms with Gasteiger partial charge in [0.2, 0.25) is 5.88 Å². The Balaban J connectivity index is 1.59. The van der Waals surface area contributed by atoms with Gasteiger partial charge in [0.25, 0.3) is 0 Å². The van der Waals surface area contributed by atoms with Gasteiger partial charge in [-0.1, -0.05) is 55.8 Å². The molecule has 36 heavy (non-hydrogen) atoms. The Morgan fingerprint density at radius 1 is 0.972 bits per heavy atom. The van der Waals surface area contributed by atoms with Gasteiger partial charge in [-0.3, -0.25) is 0 Å². The van der Waals surface area contributed by atoms with Gasteiger partial charge < -0.3 is 18.8 Å². The minimum atomic E-state index is -0.719. The number of carbonyl (C=O) groups is 1. The number of methoxy groups -OCH3 is 1. The van der Waals surface area contributed by atoms with Crippen LogP contribution < -0.4 is 9.47 Å². The third kappa shape index (κ3) is 6.03. The fraction of sp³-hybridized carbons (Fsp3) is 0.345. The van der Waals surface area contributed by atoms with Crippen LogP contribution in [0.25, 0.3) is 22.3 Å². The zero-order valence-electron chi connectivity index (χ0n) is 21.6. The second-order valence-corrected chi connectivity index (χ2v) is 9.67. The summed E-state index contributed by atoms with van der Waals surface area (Å²) in [5, 5.41) is 0. The summed E-state index contributed by atoms with van der Waals surface area (Å²) in [5.74, 6) is 2.04. The van der Waals surface area contributed by atoms with Crippen LogP contribution in [-0.4, -0.2) is 33.4 Å². The van der Waals surface area contributed by atoms with Gasteiger partial charge in [0.1, 0.15) is 17.2 Å². The van der Waals surface area contributed by atoms with Crippen LogP contribution in [0.3, 0.4) is 0 Å². The Labute approximate surface area is 212 Å². The summed E-state index contributed by atoms with van der Waals surface area (Å²) in [6.45, 7) is 8.28. The van der Waals surface area contributed by atoms with E-state index in [1.807, 2.05) is 63.2 Å². The molecule has 0 saturated carbocycles. The molecule has 0 aliphatic heterocycles. The number of pyridine rings is 1. The molecule has 7 heteroatoms. The van der Waals surface area contributed by atoms with Crippen molar-refractivity contribution in [2.45, 2.75) is 59.1 Å². The van der Waals surface area contributed by atoms with Crippen molar-refractivity contribution >= 4 is 17.3 Å². The van der Waals surface area contributed by atoms with Crippen LogP contribution in [0.15, 0.2) is 60.7 Å². The molecule has 188 valence electrons. The van der Waals surface area contributed by atoms with Crippen LogP contribution in [0.2, 0.25) is 0 Å². The number of benzene rings is 2. The Bertz CT molecular complexity index is 1340. The summed E-state index contributed by atoms with van der Waals surface area (Å²) in [6, 6.07) is 19.6. The number of fused-ring (bicyclic) bond motifs is 1. The van der Waals surface area contributed by atoms with Gasteiger partial charge in [-0.15, -0.1) is 0 Å². The van der Waals surface area contributed by atoms with Crippen LogP contribution in [0, 0.1) is 0 Å². The fourth-order valence-corrected chi connectivity index (χ4v) is 3.98. The molecule has 7 nitrogen and oxygen atoms in total. The van der Waals surface area contributed by atoms with E-state index < -0.39 is 11.8 Å². The van der Waals surface area contributed by atoms with Crippen molar-refractivity contribution in [2.75, 3.05) is 7.11 Å². The zero-order chi connectivity index (χ0) is 25.7. The van der Waals surface area contributed by atoms with E-state index in [2.05, 4.69) is 28.6 Å². The summed E-state index contributed by atoms with van der Waals surface area (Å²) in [5.41, 5.74) is 3.97. The number of hydrogen-bond donors (Lipinski definition) is 0. The van der Waals surface area contributed by atoms with Crippen LogP contribution in [0.5, 0.6) is 11.6 Å². The standard InChI is InChI=1S/C29H33N3O4/c1-6-7-12-25-30-27-23(17-18-26(31-27)34-5)32(25)19-20-13-15-21(16-14-20)22-10-8-9-11-24(22)35-28(33)36-29(2,3)4/h8-11,13-18H,6-7,12,19H2,1-5H3. The smallest absolute Gasteiger partial charge is 0.481 e. The molecule has 0 atom stereocenters. The van der Waals surface area contributed by atoms with E-state index in [4.69, 9.17) is 19.2 Å². The first-order valence-corrected chi connectivity index (χ1v) is 12.3. The SMILES string of the molecule is CCCCc1nc2nc(OC)ccc2n1Cc1ccc(-c2ccccc2OC(=O)OC(C)(C)C)cc1. The number of imidazole rings is 1. The van der Waals surface area contributed by atoms with E-state index in [-0.39, 0.29) is 0 Å². The zero-order valence-corrected chi connectivity index (χ0v) is 21.6. The molecule has 2 aromatic heterocycles. The lowest BCUT2D eigenvalue weighted by molar-refractivity contribution is 0.0207. The van der Waals surface area contributed by atoms with Gasteiger partial charge in [0.05, 0.1) is 12.6 Å². The minimum Gasteiger partial charge on any atom is -0.481 e. The van der Waals surface area contributed by atoms with Gasteiger partial charge in [-0.2, -0.15) is 4.98 Å². The van der Waals surface area contributed by atoms with Crippen molar-refractivity contribution in [3.63, 3.8) is 0 Å². The number of aryl methyl sites for hydroxylation is 1. The van der Waals surface area contributed by atoms with E-state index in [1.165, 1.54) is 0 Å². The van der Waals surface area contributed by atoms with Gasteiger partial charge >= 0.3 is 6.16 Å². The second-order valence-electron chi connectivity index (χ2n) is 9.67. The van der Waals surface area contributed by atoms with Crippen molar-refractivity contribution in [3.8, 4) is 22.8 Å². The molecule has 0 amide bonds. The molecule has 0 unspecified atom stereocenters. The predicted octanol–water partition coefficient (Wildman–Crippen LogP) is 6.81. The molecule has 0 saturated heterocycles. The first kappa shape index (κ1) is 25.2. The highest BCUT2D eigenvalue weighted by Crippen LogP contribution is 2.31. The Hall–Kier alpha value is -3.87. The molecule has 2 aromatic carbocycles. The summed E-state index contributed by atoms with van der Waals surface area (Å²) in [4.78, 5) is 21.6. The monoisotopic (exact) mass is 487 g/mol. The van der Waals surface area contributed by atoms with E-state index in [1.54, 1.807) is 13.2 Å². The summed E-state index contributed by atoms with van der Waals surface area (Å²) >= 11 is 0. The van der Waals surface area contributed by atoms with Crippen molar-refractivity contribution in [1.82, 2.24) is 14.5 Å². The first-order chi connectivity index (χ1) is 17.3. The van der Waals surface area contributed by atoms with E-state index in [0.717, 1.165) is 47.3 Å². The number of nitrogens with zero attached hydrogens (tertiary/aromatic N) is 3. The number of ether oxygens (including phenoxy) is 3. The average Bonchev–Trinajstić information content (AvgIpc) is 3.18. The molecule has 0 spiro atoms. The molecule has 2 heterocycles. The molecular weight excluding hydrogens is 454 g/mol. The van der Waals surface area contributed by atoms with Crippen LogP contribution in [0.1, 0.15) is 51.9 Å². The highest BCUT2D eigenvalue weighted by molar-refractivity contribution is 5.75. The molecule has 0 N–H and O–H groups in total. The fourth-order valence-electron chi connectivity index (χ4n) is 3.98. The first-order valence-electron chi connectivity index (χ1n) is 12.3. The summed E-state index contributed by atoms with van der Waals surface area (Å²) in [7, 11) is 1.61. The maximum atomic E-state index is 12.2. The van der Waals surface area contributed by atoms with Crippen LogP contribution >= 0.6 is 0 Å². The number of para-hydroxylation sites is 1.